The van der Waals surface area contributed by atoms with Gasteiger partial charge in [-0.15, -0.1) is 0 Å². The Morgan fingerprint density at radius 2 is 2.11 bits per heavy atom. The lowest BCUT2D eigenvalue weighted by atomic mass is 10.1. The van der Waals surface area contributed by atoms with Crippen LogP contribution in [0.25, 0.3) is 0 Å². The molecule has 0 aromatic carbocycles. The number of carbonyl (C=O) groups excluding carboxylic acids is 1. The maximum absolute atomic E-state index is 10.7. The average Bonchev–Trinajstić information content (AvgIpc) is 1.83. The molecule has 0 aromatic rings. The number of esters is 1. The van der Waals surface area contributed by atoms with Crippen LogP contribution in [0.1, 0.15) is 20.3 Å². The molecule has 0 saturated carbocycles. The van der Waals surface area contributed by atoms with Crippen molar-refractivity contribution in [1.82, 2.24) is 0 Å². The Morgan fingerprint density at radius 1 is 1.44 bits per heavy atom. The Morgan fingerprint density at radius 3 is 2.56 bits per heavy atom. The first-order valence-corrected chi connectivity index (χ1v) is 3.05. The first-order chi connectivity index (χ1) is 4.22. The third-order valence-electron chi connectivity index (χ3n) is 1.66. The molecule has 0 amide bonds. The zero-order chi connectivity index (χ0) is 6.85. The Labute approximate surface area is 54.5 Å². The molecule has 2 nitrogen and oxygen atoms in total. The molecule has 0 N–H and O–H groups in total. The fourth-order valence-electron chi connectivity index (χ4n) is 0.767. The van der Waals surface area contributed by atoms with Crippen LogP contribution < -0.4 is 0 Å². The van der Waals surface area contributed by atoms with Crippen molar-refractivity contribution in [2.24, 2.45) is 0 Å². The molecule has 0 bridgehead atoms. The Bertz CT molecular complexity index is 168. The summed E-state index contributed by atoms with van der Waals surface area (Å²) in [5.74, 6) is -0.154. The smallest absolute Gasteiger partial charge is 0.333 e. The largest absolute Gasteiger partial charge is 0.462 e. The van der Waals surface area contributed by atoms with Gasteiger partial charge in [0, 0.05) is 12.0 Å². The van der Waals surface area contributed by atoms with E-state index in [1.54, 1.807) is 6.92 Å². The van der Waals surface area contributed by atoms with E-state index in [9.17, 15) is 4.79 Å². The molecule has 0 atom stereocenters. The zero-order valence-electron chi connectivity index (χ0n) is 5.73. The number of carbonyl (C=O) groups is 1. The van der Waals surface area contributed by atoms with Crippen LogP contribution in [0.3, 0.4) is 0 Å². The highest BCUT2D eigenvalue weighted by molar-refractivity contribution is 5.89. The molecule has 50 valence electrons. The van der Waals surface area contributed by atoms with Gasteiger partial charge < -0.3 is 4.74 Å². The van der Waals surface area contributed by atoms with Crippen molar-refractivity contribution in [2.75, 3.05) is 6.61 Å². The van der Waals surface area contributed by atoms with Crippen LogP contribution in [0.5, 0.6) is 0 Å². The second-order valence-electron chi connectivity index (χ2n) is 2.29. The molecule has 0 aromatic heterocycles. The van der Waals surface area contributed by atoms with Crippen LogP contribution in [0.15, 0.2) is 11.1 Å². The fraction of sp³-hybridized carbons (Fsp3) is 0.571. The van der Waals surface area contributed by atoms with Crippen molar-refractivity contribution in [3.63, 3.8) is 0 Å². The van der Waals surface area contributed by atoms with E-state index >= 15 is 0 Å². The fourth-order valence-corrected chi connectivity index (χ4v) is 0.767. The monoisotopic (exact) mass is 126 g/mol. The van der Waals surface area contributed by atoms with Crippen molar-refractivity contribution in [1.29, 1.82) is 0 Å². The summed E-state index contributed by atoms with van der Waals surface area (Å²) in [4.78, 5) is 10.7. The van der Waals surface area contributed by atoms with Crippen LogP contribution in [0, 0.1) is 0 Å². The van der Waals surface area contributed by atoms with Gasteiger partial charge in [0.15, 0.2) is 0 Å². The topological polar surface area (TPSA) is 26.3 Å². The van der Waals surface area contributed by atoms with Gasteiger partial charge in [0.2, 0.25) is 0 Å². The van der Waals surface area contributed by atoms with Crippen LogP contribution in [0.4, 0.5) is 0 Å². The van der Waals surface area contributed by atoms with Crippen LogP contribution in [-0.2, 0) is 9.53 Å². The zero-order valence-corrected chi connectivity index (χ0v) is 5.73. The summed E-state index contributed by atoms with van der Waals surface area (Å²) in [6.45, 7) is 4.33. The molecule has 2 heteroatoms. The molecule has 0 radical (unpaired) electrons. The van der Waals surface area contributed by atoms with E-state index in [1.165, 1.54) is 0 Å². The van der Waals surface area contributed by atoms with Crippen LogP contribution in [-0.4, -0.2) is 12.6 Å². The van der Waals surface area contributed by atoms with E-state index in [0.717, 1.165) is 17.6 Å². The molecule has 9 heavy (non-hydrogen) atoms. The summed E-state index contributed by atoms with van der Waals surface area (Å²) in [6, 6.07) is 0. The third kappa shape index (κ3) is 1.12. The van der Waals surface area contributed by atoms with Crippen molar-refractivity contribution < 1.29 is 9.53 Å². The minimum absolute atomic E-state index is 0.154. The molecule has 1 rings (SSSR count). The molecule has 0 fully saturated rings. The van der Waals surface area contributed by atoms with Gasteiger partial charge in [-0.1, -0.05) is 5.57 Å². The lowest BCUT2D eigenvalue weighted by Gasteiger charge is -2.13. The van der Waals surface area contributed by atoms with Gasteiger partial charge in [0.25, 0.3) is 0 Å². The molecule has 0 spiro atoms. The van der Waals surface area contributed by atoms with Gasteiger partial charge in [-0.05, 0) is 13.8 Å². The van der Waals surface area contributed by atoms with Crippen molar-refractivity contribution in [3.8, 4) is 0 Å². The first kappa shape index (κ1) is 6.33. The first-order valence-electron chi connectivity index (χ1n) is 3.05. The van der Waals surface area contributed by atoms with E-state index in [1.807, 2.05) is 6.92 Å². The molecule has 1 aliphatic heterocycles. The van der Waals surface area contributed by atoms with Gasteiger partial charge in [0.1, 0.15) is 0 Å². The predicted octanol–water partition coefficient (Wildman–Crippen LogP) is 1.27. The molecular formula is C7H10O2. The standard InChI is InChI=1S/C7H10O2/c1-5-3-4-9-7(8)6(5)2/h3-4H2,1-2H3. The van der Waals surface area contributed by atoms with Crippen LogP contribution in [0.2, 0.25) is 0 Å². The summed E-state index contributed by atoms with van der Waals surface area (Å²) in [7, 11) is 0. The molecule has 1 aliphatic rings. The number of rotatable bonds is 0. The van der Waals surface area contributed by atoms with Crippen molar-refractivity contribution in [2.45, 2.75) is 20.3 Å². The maximum atomic E-state index is 10.7. The molecule has 1 heterocycles. The highest BCUT2D eigenvalue weighted by atomic mass is 16.5. The third-order valence-corrected chi connectivity index (χ3v) is 1.66. The predicted molar refractivity (Wildman–Crippen MR) is 33.9 cm³/mol. The second-order valence-corrected chi connectivity index (χ2v) is 2.29. The van der Waals surface area contributed by atoms with E-state index in [2.05, 4.69) is 0 Å². The molecular weight excluding hydrogens is 116 g/mol. The van der Waals surface area contributed by atoms with Crippen molar-refractivity contribution >= 4 is 5.97 Å². The van der Waals surface area contributed by atoms with Gasteiger partial charge in [-0.25, -0.2) is 4.79 Å². The van der Waals surface area contributed by atoms with Crippen LogP contribution >= 0.6 is 0 Å². The highest BCUT2D eigenvalue weighted by Gasteiger charge is 2.13. The number of hydrogen-bond donors (Lipinski definition) is 0. The lowest BCUT2D eigenvalue weighted by Crippen LogP contribution is -2.14. The summed E-state index contributed by atoms with van der Waals surface area (Å²) in [5, 5.41) is 0. The minimum atomic E-state index is -0.154. The molecule has 0 unspecified atom stereocenters. The minimum Gasteiger partial charge on any atom is -0.462 e. The van der Waals surface area contributed by atoms with Gasteiger partial charge in [0.05, 0.1) is 6.61 Å². The SMILES string of the molecule is CC1=C(C)C(=O)OCC1. The van der Waals surface area contributed by atoms with Gasteiger partial charge in [-0.2, -0.15) is 0 Å². The normalized spacial score (nSPS) is 20.0. The average molecular weight is 126 g/mol. The lowest BCUT2D eigenvalue weighted by molar-refractivity contribution is -0.139. The van der Waals surface area contributed by atoms with E-state index < -0.39 is 0 Å². The summed E-state index contributed by atoms with van der Waals surface area (Å²) in [5.41, 5.74) is 1.94. The highest BCUT2D eigenvalue weighted by Crippen LogP contribution is 2.14. The van der Waals surface area contributed by atoms with E-state index in [4.69, 9.17) is 4.74 Å². The number of ether oxygens (including phenoxy) is 1. The maximum Gasteiger partial charge on any atom is 0.333 e. The number of cyclic esters (lactones) is 1. The van der Waals surface area contributed by atoms with Gasteiger partial charge in [-0.3, -0.25) is 0 Å². The Balaban J connectivity index is 2.84. The summed E-state index contributed by atoms with van der Waals surface area (Å²) in [6.07, 6.45) is 0.900. The molecule has 0 aliphatic carbocycles. The summed E-state index contributed by atoms with van der Waals surface area (Å²) >= 11 is 0. The Kier molecular flexibility index (Phi) is 1.56. The van der Waals surface area contributed by atoms with E-state index in [-0.39, 0.29) is 5.97 Å². The Hall–Kier alpha value is -0.790. The van der Waals surface area contributed by atoms with Gasteiger partial charge >= 0.3 is 5.97 Å². The number of hydrogen-bond acceptors (Lipinski definition) is 2. The molecule has 0 saturated heterocycles. The quantitative estimate of drug-likeness (QED) is 0.457. The summed E-state index contributed by atoms with van der Waals surface area (Å²) < 4.78 is 4.76. The second kappa shape index (κ2) is 2.21. The van der Waals surface area contributed by atoms with Crippen molar-refractivity contribution in [3.05, 3.63) is 11.1 Å². The van der Waals surface area contributed by atoms with E-state index in [0.29, 0.717) is 6.61 Å².